The van der Waals surface area contributed by atoms with Crippen LogP contribution in [0.1, 0.15) is 19.4 Å². The van der Waals surface area contributed by atoms with E-state index in [0.717, 1.165) is 5.56 Å². The van der Waals surface area contributed by atoms with E-state index in [2.05, 4.69) is 5.32 Å². The van der Waals surface area contributed by atoms with Gasteiger partial charge in [0.15, 0.2) is 0 Å². The Morgan fingerprint density at radius 1 is 1.22 bits per heavy atom. The summed E-state index contributed by atoms with van der Waals surface area (Å²) in [7, 11) is 0. The van der Waals surface area contributed by atoms with Gasteiger partial charge in [0.1, 0.15) is 19.0 Å². The number of esters is 1. The molecular formula is C13H17NO4. The number of hydrogen-bond acceptors (Lipinski definition) is 4. The molecule has 1 rings (SSSR count). The van der Waals surface area contributed by atoms with Crippen LogP contribution in [0.3, 0.4) is 0 Å². The van der Waals surface area contributed by atoms with Crippen LogP contribution in [0.2, 0.25) is 0 Å². The highest BCUT2D eigenvalue weighted by Crippen LogP contribution is 2.22. The fourth-order valence-corrected chi connectivity index (χ4v) is 1.37. The summed E-state index contributed by atoms with van der Waals surface area (Å²) in [6.07, 6.45) is 0. The van der Waals surface area contributed by atoms with Gasteiger partial charge in [0.25, 0.3) is 0 Å². The minimum atomic E-state index is -0.331. The average Bonchev–Trinajstić information content (AvgIpc) is 2.27. The fourth-order valence-electron chi connectivity index (χ4n) is 1.37. The van der Waals surface area contributed by atoms with Gasteiger partial charge in [0.05, 0.1) is 0 Å². The van der Waals surface area contributed by atoms with E-state index in [1.54, 1.807) is 12.1 Å². The minimum absolute atomic E-state index is 0.135. The van der Waals surface area contributed by atoms with Gasteiger partial charge in [-0.1, -0.05) is 6.07 Å². The highest BCUT2D eigenvalue weighted by Gasteiger charge is 2.03. The van der Waals surface area contributed by atoms with Crippen molar-refractivity contribution < 1.29 is 19.1 Å². The van der Waals surface area contributed by atoms with E-state index in [-0.39, 0.29) is 25.1 Å². The van der Waals surface area contributed by atoms with Gasteiger partial charge < -0.3 is 14.8 Å². The molecule has 0 spiro atoms. The van der Waals surface area contributed by atoms with Gasteiger partial charge in [-0.05, 0) is 18.6 Å². The fraction of sp³-hybridized carbons (Fsp3) is 0.385. The molecule has 0 atom stereocenters. The van der Waals surface area contributed by atoms with E-state index in [9.17, 15) is 9.59 Å². The molecule has 0 aliphatic heterocycles. The number of amides is 1. The molecule has 0 bridgehead atoms. The Morgan fingerprint density at radius 2 is 1.94 bits per heavy atom. The molecule has 1 aromatic carbocycles. The van der Waals surface area contributed by atoms with Crippen LogP contribution in [0.25, 0.3) is 0 Å². The lowest BCUT2D eigenvalue weighted by molar-refractivity contribution is -0.141. The van der Waals surface area contributed by atoms with Crippen molar-refractivity contribution in [1.82, 2.24) is 0 Å². The Labute approximate surface area is 106 Å². The Hall–Kier alpha value is -2.04. The first kappa shape index (κ1) is 14.0. The second-order valence-electron chi connectivity index (χ2n) is 3.85. The molecule has 0 heterocycles. The first-order chi connectivity index (χ1) is 8.49. The van der Waals surface area contributed by atoms with Gasteiger partial charge in [0, 0.05) is 25.6 Å². The summed E-state index contributed by atoms with van der Waals surface area (Å²) in [5, 5.41) is 2.68. The maximum Gasteiger partial charge on any atom is 0.302 e. The maximum atomic E-state index is 10.9. The summed E-state index contributed by atoms with van der Waals surface area (Å²) >= 11 is 0. The molecule has 1 amide bonds. The predicted octanol–water partition coefficient (Wildman–Crippen LogP) is 1.90. The number of carbonyl (C=O) groups is 2. The molecule has 0 radical (unpaired) electrons. The molecule has 0 fully saturated rings. The molecule has 1 N–H and O–H groups in total. The Balaban J connectivity index is 2.58. The van der Waals surface area contributed by atoms with E-state index in [1.165, 1.54) is 13.8 Å². The number of anilines is 1. The van der Waals surface area contributed by atoms with E-state index in [1.807, 2.05) is 13.0 Å². The minimum Gasteiger partial charge on any atom is -0.490 e. The number of carbonyl (C=O) groups excluding carboxylic acids is 2. The summed E-state index contributed by atoms with van der Waals surface area (Å²) in [5.74, 6) is 0.195. The zero-order chi connectivity index (χ0) is 13.5. The van der Waals surface area contributed by atoms with Crippen molar-refractivity contribution in [1.29, 1.82) is 0 Å². The van der Waals surface area contributed by atoms with Gasteiger partial charge in [0.2, 0.25) is 5.91 Å². The quantitative estimate of drug-likeness (QED) is 0.641. The zero-order valence-corrected chi connectivity index (χ0v) is 10.8. The Kier molecular flexibility index (Phi) is 5.17. The molecule has 1 aromatic rings. The lowest BCUT2D eigenvalue weighted by atomic mass is 10.2. The summed E-state index contributed by atoms with van der Waals surface area (Å²) in [4.78, 5) is 21.5. The predicted molar refractivity (Wildman–Crippen MR) is 67.6 cm³/mol. The smallest absolute Gasteiger partial charge is 0.302 e. The first-order valence-electron chi connectivity index (χ1n) is 5.63. The largest absolute Gasteiger partial charge is 0.490 e. The maximum absolute atomic E-state index is 10.9. The lowest BCUT2D eigenvalue weighted by Gasteiger charge is -2.11. The molecule has 0 aliphatic carbocycles. The summed E-state index contributed by atoms with van der Waals surface area (Å²) < 4.78 is 10.2. The van der Waals surface area contributed by atoms with E-state index in [4.69, 9.17) is 9.47 Å². The third kappa shape index (κ3) is 4.86. The molecule has 18 heavy (non-hydrogen) atoms. The molecule has 5 heteroatoms. The zero-order valence-electron chi connectivity index (χ0n) is 10.8. The molecule has 5 nitrogen and oxygen atoms in total. The summed E-state index contributed by atoms with van der Waals surface area (Å²) in [5.41, 5.74) is 1.63. The normalized spacial score (nSPS) is 9.72. The third-order valence-electron chi connectivity index (χ3n) is 2.15. The molecule has 0 saturated heterocycles. The summed E-state index contributed by atoms with van der Waals surface area (Å²) in [6.45, 7) is 5.19. The summed E-state index contributed by atoms with van der Waals surface area (Å²) in [6, 6.07) is 5.40. The molecule has 98 valence electrons. The second kappa shape index (κ2) is 6.64. The molecule has 0 aliphatic rings. The highest BCUT2D eigenvalue weighted by molar-refractivity contribution is 5.88. The lowest BCUT2D eigenvalue weighted by Crippen LogP contribution is -2.10. The average molecular weight is 251 g/mol. The molecule has 0 saturated carbocycles. The third-order valence-corrected chi connectivity index (χ3v) is 2.15. The van der Waals surface area contributed by atoms with Crippen molar-refractivity contribution >= 4 is 17.6 Å². The highest BCUT2D eigenvalue weighted by atomic mass is 16.6. The van der Waals surface area contributed by atoms with Crippen molar-refractivity contribution in [2.75, 3.05) is 18.5 Å². The number of hydrogen-bond donors (Lipinski definition) is 1. The van der Waals surface area contributed by atoms with Crippen molar-refractivity contribution in [2.24, 2.45) is 0 Å². The van der Waals surface area contributed by atoms with Crippen LogP contribution in [0, 0.1) is 6.92 Å². The number of nitrogens with one attached hydrogen (secondary N) is 1. The van der Waals surface area contributed by atoms with Gasteiger partial charge in [-0.25, -0.2) is 0 Å². The van der Waals surface area contributed by atoms with Gasteiger partial charge in [-0.3, -0.25) is 9.59 Å². The van der Waals surface area contributed by atoms with Crippen LogP contribution in [0.4, 0.5) is 5.69 Å². The standard InChI is InChI=1S/C13H17NO4/c1-9-4-5-12(14-10(2)15)8-13(9)18-7-6-17-11(3)16/h4-5,8H,6-7H2,1-3H3,(H,14,15). The van der Waals surface area contributed by atoms with Crippen LogP contribution in [0.15, 0.2) is 18.2 Å². The van der Waals surface area contributed by atoms with Crippen molar-refractivity contribution in [2.45, 2.75) is 20.8 Å². The van der Waals surface area contributed by atoms with Crippen molar-refractivity contribution in [3.8, 4) is 5.75 Å². The van der Waals surface area contributed by atoms with Crippen molar-refractivity contribution in [3.05, 3.63) is 23.8 Å². The second-order valence-corrected chi connectivity index (χ2v) is 3.85. The van der Waals surface area contributed by atoms with Gasteiger partial charge >= 0.3 is 5.97 Å². The first-order valence-corrected chi connectivity index (χ1v) is 5.63. The SMILES string of the molecule is CC(=O)Nc1ccc(C)c(OCCOC(C)=O)c1. The number of ether oxygens (including phenoxy) is 2. The molecule has 0 unspecified atom stereocenters. The van der Waals surface area contributed by atoms with E-state index >= 15 is 0 Å². The number of benzene rings is 1. The number of aryl methyl sites for hydroxylation is 1. The monoisotopic (exact) mass is 251 g/mol. The van der Waals surface area contributed by atoms with Crippen molar-refractivity contribution in [3.63, 3.8) is 0 Å². The van der Waals surface area contributed by atoms with Crippen LogP contribution >= 0.6 is 0 Å². The Bertz CT molecular complexity index is 443. The van der Waals surface area contributed by atoms with E-state index < -0.39 is 0 Å². The Morgan fingerprint density at radius 3 is 2.56 bits per heavy atom. The molecule has 0 aromatic heterocycles. The topological polar surface area (TPSA) is 64.6 Å². The van der Waals surface area contributed by atoms with Crippen LogP contribution in [-0.2, 0) is 14.3 Å². The van der Waals surface area contributed by atoms with Gasteiger partial charge in [-0.15, -0.1) is 0 Å². The van der Waals surface area contributed by atoms with Gasteiger partial charge in [-0.2, -0.15) is 0 Å². The van der Waals surface area contributed by atoms with Crippen LogP contribution < -0.4 is 10.1 Å². The van der Waals surface area contributed by atoms with Crippen LogP contribution in [-0.4, -0.2) is 25.1 Å². The number of rotatable bonds is 5. The van der Waals surface area contributed by atoms with Crippen LogP contribution in [0.5, 0.6) is 5.75 Å². The molecular weight excluding hydrogens is 234 g/mol. The van der Waals surface area contributed by atoms with E-state index in [0.29, 0.717) is 11.4 Å².